The van der Waals surface area contributed by atoms with E-state index in [9.17, 15) is 14.4 Å². The Labute approximate surface area is 252 Å². The van der Waals surface area contributed by atoms with Crippen molar-refractivity contribution in [2.24, 2.45) is 0 Å². The highest BCUT2D eigenvalue weighted by Gasteiger charge is 2.37. The monoisotopic (exact) mass is 585 g/mol. The van der Waals surface area contributed by atoms with Gasteiger partial charge in [-0.05, 0) is 48.7 Å². The number of nitrogens with zero attached hydrogens (tertiary/aromatic N) is 3. The molecule has 3 aromatic carbocycles. The first-order valence-corrected chi connectivity index (χ1v) is 14.8. The lowest BCUT2D eigenvalue weighted by atomic mass is 9.83. The molecule has 218 valence electrons. The van der Waals surface area contributed by atoms with Crippen molar-refractivity contribution in [1.82, 2.24) is 14.7 Å². The van der Waals surface area contributed by atoms with E-state index in [1.54, 1.807) is 24.8 Å². The number of allylic oxidation sites excluding steroid dienone is 1. The van der Waals surface area contributed by atoms with Crippen LogP contribution in [0.5, 0.6) is 0 Å². The number of amides is 2. The molecule has 1 saturated heterocycles. The Balaban J connectivity index is 1.27. The van der Waals surface area contributed by atoms with Crippen molar-refractivity contribution in [2.45, 2.75) is 39.3 Å². The molecule has 0 spiro atoms. The van der Waals surface area contributed by atoms with Gasteiger partial charge in [-0.2, -0.15) is 0 Å². The van der Waals surface area contributed by atoms with Crippen molar-refractivity contribution in [3.05, 3.63) is 117 Å². The Morgan fingerprint density at radius 1 is 0.857 bits per heavy atom. The lowest BCUT2D eigenvalue weighted by Gasteiger charge is -2.35. The van der Waals surface area contributed by atoms with Crippen LogP contribution in [0.25, 0.3) is 0 Å². The van der Waals surface area contributed by atoms with Gasteiger partial charge < -0.3 is 14.5 Å². The van der Waals surface area contributed by atoms with Gasteiger partial charge in [-0.15, -0.1) is 0 Å². The quantitative estimate of drug-likeness (QED) is 0.320. The third-order valence-electron chi connectivity index (χ3n) is 8.05. The molecule has 0 N–H and O–H groups in total. The highest BCUT2D eigenvalue weighted by Crippen LogP contribution is 2.40. The number of hydrogen-bond acceptors (Lipinski definition) is 5. The van der Waals surface area contributed by atoms with Gasteiger partial charge in [0.25, 0.3) is 5.91 Å². The number of hydrogen-bond donors (Lipinski definition) is 0. The molecular formula is C34H36ClN3O4. The number of carbonyl (C=O) groups excluding carboxylic acids is 3. The van der Waals surface area contributed by atoms with Crippen LogP contribution >= 0.6 is 11.6 Å². The summed E-state index contributed by atoms with van der Waals surface area (Å²) in [6.07, 6.45) is 0.113. The van der Waals surface area contributed by atoms with E-state index in [2.05, 4.69) is 17.0 Å². The smallest absolute Gasteiger partial charge is 0.336 e. The minimum atomic E-state index is -0.477. The van der Waals surface area contributed by atoms with Gasteiger partial charge in [-0.1, -0.05) is 72.3 Å². The average Bonchev–Trinajstić information content (AvgIpc) is 3.00. The van der Waals surface area contributed by atoms with E-state index in [4.69, 9.17) is 16.3 Å². The summed E-state index contributed by atoms with van der Waals surface area (Å²) in [5.74, 6) is -1.01. The van der Waals surface area contributed by atoms with Crippen molar-refractivity contribution in [1.29, 1.82) is 0 Å². The number of halogens is 1. The van der Waals surface area contributed by atoms with Gasteiger partial charge in [-0.3, -0.25) is 14.5 Å². The van der Waals surface area contributed by atoms with Gasteiger partial charge in [-0.25, -0.2) is 4.79 Å². The molecule has 2 heterocycles. The first-order chi connectivity index (χ1) is 20.4. The van der Waals surface area contributed by atoms with Crippen LogP contribution in [0.1, 0.15) is 53.2 Å². The van der Waals surface area contributed by atoms with E-state index in [0.717, 1.165) is 30.8 Å². The maximum absolute atomic E-state index is 13.4. The van der Waals surface area contributed by atoms with E-state index in [0.29, 0.717) is 34.9 Å². The molecule has 8 heteroatoms. The predicted molar refractivity (Wildman–Crippen MR) is 163 cm³/mol. The lowest BCUT2D eigenvalue weighted by Crippen LogP contribution is -2.48. The third kappa shape index (κ3) is 6.58. The summed E-state index contributed by atoms with van der Waals surface area (Å²) in [5, 5.41) is 0.510. The second-order valence-corrected chi connectivity index (χ2v) is 11.1. The normalized spacial score (nSPS) is 17.9. The summed E-state index contributed by atoms with van der Waals surface area (Å²) >= 11 is 6.47. The standard InChI is InChI=1S/C34H36ClN3O4/c1-3-42-34(41)32-24(2)38(31(39)21-29(32)28-11-7-8-12-30(28)35)23-26-13-15-27(16-14-26)33(40)37-19-17-36(18-20-37)22-25-9-5-4-6-10-25/h4-16,29H,3,17-23H2,1-2H3. The van der Waals surface area contributed by atoms with E-state index < -0.39 is 11.9 Å². The molecule has 3 aromatic rings. The van der Waals surface area contributed by atoms with Gasteiger partial charge in [0.2, 0.25) is 5.91 Å². The van der Waals surface area contributed by atoms with Gasteiger partial charge in [0.05, 0.1) is 18.7 Å². The van der Waals surface area contributed by atoms with Crippen molar-refractivity contribution < 1.29 is 19.1 Å². The van der Waals surface area contributed by atoms with Gasteiger partial charge >= 0.3 is 5.97 Å². The van der Waals surface area contributed by atoms with Gasteiger partial charge in [0.15, 0.2) is 0 Å². The zero-order valence-corrected chi connectivity index (χ0v) is 24.8. The number of ether oxygens (including phenoxy) is 1. The fourth-order valence-electron chi connectivity index (χ4n) is 5.77. The van der Waals surface area contributed by atoms with Gasteiger partial charge in [0.1, 0.15) is 0 Å². The van der Waals surface area contributed by atoms with Crippen molar-refractivity contribution in [3.63, 3.8) is 0 Å². The van der Waals surface area contributed by atoms with Crippen molar-refractivity contribution >= 4 is 29.4 Å². The number of esters is 1. The largest absolute Gasteiger partial charge is 0.463 e. The minimum absolute atomic E-state index is 0.0122. The van der Waals surface area contributed by atoms with Gasteiger partial charge in [0, 0.05) is 61.3 Å². The summed E-state index contributed by atoms with van der Waals surface area (Å²) in [6, 6.07) is 25.1. The Hall–Kier alpha value is -3.94. The average molecular weight is 586 g/mol. The molecule has 42 heavy (non-hydrogen) atoms. The van der Waals surface area contributed by atoms with E-state index in [1.807, 2.05) is 65.6 Å². The number of benzene rings is 3. The van der Waals surface area contributed by atoms with E-state index in [1.165, 1.54) is 5.56 Å². The Kier molecular flexibility index (Phi) is 9.40. The summed E-state index contributed by atoms with van der Waals surface area (Å²) in [6.45, 7) is 7.98. The molecule has 2 aliphatic heterocycles. The molecule has 0 aliphatic carbocycles. The molecule has 0 aromatic heterocycles. The number of rotatable bonds is 8. The second kappa shape index (κ2) is 13.4. The van der Waals surface area contributed by atoms with Crippen LogP contribution in [0.3, 0.4) is 0 Å². The molecule has 2 aliphatic rings. The molecule has 0 bridgehead atoms. The summed E-state index contributed by atoms with van der Waals surface area (Å²) in [5.41, 5.74) is 4.51. The van der Waals surface area contributed by atoms with Crippen LogP contribution in [-0.2, 0) is 27.4 Å². The van der Waals surface area contributed by atoms with Crippen LogP contribution in [0.4, 0.5) is 0 Å². The highest BCUT2D eigenvalue weighted by atomic mass is 35.5. The molecule has 0 saturated carbocycles. The molecular weight excluding hydrogens is 550 g/mol. The Morgan fingerprint density at radius 2 is 1.50 bits per heavy atom. The number of carbonyl (C=O) groups is 3. The minimum Gasteiger partial charge on any atom is -0.463 e. The van der Waals surface area contributed by atoms with Crippen LogP contribution in [0.15, 0.2) is 90.1 Å². The Morgan fingerprint density at radius 3 is 2.17 bits per heavy atom. The molecule has 0 radical (unpaired) electrons. The first kappa shape index (κ1) is 29.5. The zero-order chi connectivity index (χ0) is 29.6. The maximum Gasteiger partial charge on any atom is 0.336 e. The Bertz CT molecular complexity index is 1460. The van der Waals surface area contributed by atoms with Crippen LogP contribution in [-0.4, -0.2) is 65.3 Å². The highest BCUT2D eigenvalue weighted by molar-refractivity contribution is 6.31. The van der Waals surface area contributed by atoms with Crippen molar-refractivity contribution in [2.75, 3.05) is 32.8 Å². The van der Waals surface area contributed by atoms with Crippen LogP contribution in [0.2, 0.25) is 5.02 Å². The molecule has 7 nitrogen and oxygen atoms in total. The summed E-state index contributed by atoms with van der Waals surface area (Å²) in [4.78, 5) is 45.6. The third-order valence-corrected chi connectivity index (χ3v) is 8.39. The molecule has 1 unspecified atom stereocenters. The fourth-order valence-corrected chi connectivity index (χ4v) is 6.04. The van der Waals surface area contributed by atoms with Crippen LogP contribution in [0, 0.1) is 0 Å². The zero-order valence-electron chi connectivity index (χ0n) is 24.1. The van der Waals surface area contributed by atoms with E-state index in [-0.39, 0.29) is 31.4 Å². The first-order valence-electron chi connectivity index (χ1n) is 14.4. The predicted octanol–water partition coefficient (Wildman–Crippen LogP) is 5.65. The molecule has 2 amide bonds. The second-order valence-electron chi connectivity index (χ2n) is 10.7. The fraction of sp³-hybridized carbons (Fsp3) is 0.324. The molecule has 1 atom stereocenters. The SMILES string of the molecule is CCOC(=O)C1=C(C)N(Cc2ccc(C(=O)N3CCN(Cc4ccccc4)CC3)cc2)C(=O)CC1c1ccccc1Cl. The molecule has 5 rings (SSSR count). The lowest BCUT2D eigenvalue weighted by molar-refractivity contribution is -0.140. The molecule has 1 fully saturated rings. The van der Waals surface area contributed by atoms with Crippen LogP contribution < -0.4 is 0 Å². The van der Waals surface area contributed by atoms with E-state index >= 15 is 0 Å². The maximum atomic E-state index is 13.4. The summed E-state index contributed by atoms with van der Waals surface area (Å²) < 4.78 is 5.39. The summed E-state index contributed by atoms with van der Waals surface area (Å²) in [7, 11) is 0. The van der Waals surface area contributed by atoms with Crippen molar-refractivity contribution in [3.8, 4) is 0 Å². The topological polar surface area (TPSA) is 70.2 Å². The number of piperazine rings is 1.